The smallest absolute Gasteiger partial charge is 0.223 e. The molecule has 22 heavy (non-hydrogen) atoms. The maximum atomic E-state index is 13.3. The van der Waals surface area contributed by atoms with E-state index >= 15 is 0 Å². The van der Waals surface area contributed by atoms with Gasteiger partial charge in [-0.1, -0.05) is 39.2 Å². The minimum absolute atomic E-state index is 0.0798. The third kappa shape index (κ3) is 5.74. The normalized spacial score (nSPS) is 12.2. The quantitative estimate of drug-likeness (QED) is 0.584. The van der Waals surface area contributed by atoms with Crippen LogP contribution in [0.2, 0.25) is 0 Å². The van der Waals surface area contributed by atoms with E-state index in [2.05, 4.69) is 6.92 Å². The van der Waals surface area contributed by atoms with Gasteiger partial charge in [0.2, 0.25) is 5.91 Å². The van der Waals surface area contributed by atoms with Crippen molar-refractivity contribution in [3.63, 3.8) is 0 Å². The molecule has 0 aliphatic carbocycles. The van der Waals surface area contributed by atoms with E-state index in [-0.39, 0.29) is 11.9 Å². The monoisotopic (exact) mass is 311 g/mol. The Bertz CT molecular complexity index is 476. The average Bonchev–Trinajstić information content (AvgIpc) is 2.48. The number of nitrogens with zero attached hydrogens (tertiary/aromatic N) is 1. The van der Waals surface area contributed by atoms with Crippen LogP contribution in [-0.2, 0) is 11.3 Å². The van der Waals surface area contributed by atoms with Gasteiger partial charge >= 0.3 is 0 Å². The van der Waals surface area contributed by atoms with Crippen LogP contribution in [-0.4, -0.2) is 16.8 Å². The molecule has 0 fully saturated rings. The van der Waals surface area contributed by atoms with E-state index in [1.165, 1.54) is 6.07 Å². The molecule has 1 rings (SSSR count). The highest BCUT2D eigenvalue weighted by atomic mass is 19.2. The zero-order chi connectivity index (χ0) is 16.5. The SMILES string of the molecule is CCCCCC(C)N(Cc1ccc(F)c(F)c1)C(=O)CCC. The predicted molar refractivity (Wildman–Crippen MR) is 85.4 cm³/mol. The summed E-state index contributed by atoms with van der Waals surface area (Å²) in [5.74, 6) is -1.64. The lowest BCUT2D eigenvalue weighted by molar-refractivity contribution is -0.134. The van der Waals surface area contributed by atoms with Crippen LogP contribution in [0.3, 0.4) is 0 Å². The van der Waals surface area contributed by atoms with Gasteiger partial charge in [-0.05, 0) is 37.5 Å². The standard InChI is InChI=1S/C18H27F2NO/c1-4-6-7-9-14(3)21(18(22)8-5-2)13-15-10-11-16(19)17(20)12-15/h10-12,14H,4-9,13H2,1-3H3. The molecule has 0 saturated heterocycles. The molecule has 0 N–H and O–H groups in total. The summed E-state index contributed by atoms with van der Waals surface area (Å²) in [6.45, 7) is 6.48. The fourth-order valence-corrected chi connectivity index (χ4v) is 2.53. The highest BCUT2D eigenvalue weighted by molar-refractivity contribution is 5.76. The van der Waals surface area contributed by atoms with Gasteiger partial charge in [0.05, 0.1) is 0 Å². The van der Waals surface area contributed by atoms with Crippen LogP contribution in [0.25, 0.3) is 0 Å². The van der Waals surface area contributed by atoms with Gasteiger partial charge in [-0.3, -0.25) is 4.79 Å². The largest absolute Gasteiger partial charge is 0.336 e. The molecule has 0 aromatic heterocycles. The minimum Gasteiger partial charge on any atom is -0.336 e. The Labute approximate surface area is 132 Å². The van der Waals surface area contributed by atoms with Crippen molar-refractivity contribution in [2.45, 2.75) is 71.9 Å². The van der Waals surface area contributed by atoms with Gasteiger partial charge in [0, 0.05) is 19.0 Å². The molecule has 2 nitrogen and oxygen atoms in total. The van der Waals surface area contributed by atoms with Gasteiger partial charge in [0.1, 0.15) is 0 Å². The van der Waals surface area contributed by atoms with Crippen LogP contribution in [0.1, 0.15) is 64.9 Å². The van der Waals surface area contributed by atoms with E-state index in [1.807, 2.05) is 13.8 Å². The molecule has 124 valence electrons. The fourth-order valence-electron chi connectivity index (χ4n) is 2.53. The maximum Gasteiger partial charge on any atom is 0.223 e. The first-order chi connectivity index (χ1) is 10.5. The Morgan fingerprint density at radius 1 is 1.14 bits per heavy atom. The maximum absolute atomic E-state index is 13.3. The summed E-state index contributed by atoms with van der Waals surface area (Å²) < 4.78 is 26.4. The second-order valence-corrected chi connectivity index (χ2v) is 5.86. The van der Waals surface area contributed by atoms with Crippen molar-refractivity contribution in [2.75, 3.05) is 0 Å². The van der Waals surface area contributed by atoms with Gasteiger partial charge in [-0.15, -0.1) is 0 Å². The van der Waals surface area contributed by atoms with Crippen LogP contribution in [0, 0.1) is 11.6 Å². The molecule has 1 atom stereocenters. The van der Waals surface area contributed by atoms with Crippen molar-refractivity contribution in [3.05, 3.63) is 35.4 Å². The first-order valence-electron chi connectivity index (χ1n) is 8.23. The summed E-state index contributed by atoms with van der Waals surface area (Å²) in [6, 6.07) is 3.96. The third-order valence-corrected chi connectivity index (χ3v) is 3.88. The lowest BCUT2D eigenvalue weighted by Crippen LogP contribution is -2.38. The van der Waals surface area contributed by atoms with E-state index in [4.69, 9.17) is 0 Å². The molecule has 0 aliphatic rings. The fraction of sp³-hybridized carbons (Fsp3) is 0.611. The molecule has 0 radical (unpaired) electrons. The first kappa shape index (κ1) is 18.6. The molecular weight excluding hydrogens is 284 g/mol. The molecule has 0 bridgehead atoms. The van der Waals surface area contributed by atoms with Gasteiger partial charge in [-0.25, -0.2) is 8.78 Å². The Morgan fingerprint density at radius 2 is 1.86 bits per heavy atom. The lowest BCUT2D eigenvalue weighted by Gasteiger charge is -2.30. The van der Waals surface area contributed by atoms with E-state index in [1.54, 1.807) is 11.0 Å². The number of amides is 1. The molecule has 1 amide bonds. The van der Waals surface area contributed by atoms with Gasteiger partial charge in [-0.2, -0.15) is 0 Å². The van der Waals surface area contributed by atoms with Crippen molar-refractivity contribution in [3.8, 4) is 0 Å². The zero-order valence-electron chi connectivity index (χ0n) is 13.9. The molecule has 4 heteroatoms. The highest BCUT2D eigenvalue weighted by Gasteiger charge is 2.20. The van der Waals surface area contributed by atoms with Crippen molar-refractivity contribution in [2.24, 2.45) is 0 Å². The number of halogens is 2. The second-order valence-electron chi connectivity index (χ2n) is 5.86. The van der Waals surface area contributed by atoms with Crippen molar-refractivity contribution in [1.29, 1.82) is 0 Å². The van der Waals surface area contributed by atoms with E-state index in [0.717, 1.165) is 38.2 Å². The number of rotatable bonds is 9. The van der Waals surface area contributed by atoms with Crippen molar-refractivity contribution < 1.29 is 13.6 Å². The molecule has 1 aromatic carbocycles. The average molecular weight is 311 g/mol. The summed E-state index contributed by atoms with van der Waals surface area (Å²) in [5.41, 5.74) is 0.630. The Morgan fingerprint density at radius 3 is 2.45 bits per heavy atom. The topological polar surface area (TPSA) is 20.3 Å². The first-order valence-corrected chi connectivity index (χ1v) is 8.23. The summed E-state index contributed by atoms with van der Waals surface area (Å²) in [5, 5.41) is 0. The summed E-state index contributed by atoms with van der Waals surface area (Å²) in [4.78, 5) is 14.1. The van der Waals surface area contributed by atoms with Crippen LogP contribution in [0.4, 0.5) is 8.78 Å². The molecule has 1 unspecified atom stereocenters. The number of unbranched alkanes of at least 4 members (excludes halogenated alkanes) is 2. The van der Waals surface area contributed by atoms with E-state index in [9.17, 15) is 13.6 Å². The van der Waals surface area contributed by atoms with Crippen LogP contribution >= 0.6 is 0 Å². The van der Waals surface area contributed by atoms with Crippen LogP contribution in [0.15, 0.2) is 18.2 Å². The van der Waals surface area contributed by atoms with E-state index < -0.39 is 11.6 Å². The Hall–Kier alpha value is -1.45. The van der Waals surface area contributed by atoms with Crippen molar-refractivity contribution in [1.82, 2.24) is 4.90 Å². The Kier molecular flexibility index (Phi) is 8.07. The number of hydrogen-bond acceptors (Lipinski definition) is 1. The number of carbonyl (C=O) groups is 1. The summed E-state index contributed by atoms with van der Waals surface area (Å²) >= 11 is 0. The van der Waals surface area contributed by atoms with Crippen LogP contribution < -0.4 is 0 Å². The number of benzene rings is 1. The predicted octanol–water partition coefficient (Wildman–Crippen LogP) is 5.06. The number of hydrogen-bond donors (Lipinski definition) is 0. The summed E-state index contributed by atoms with van der Waals surface area (Å²) in [7, 11) is 0. The Balaban J connectivity index is 2.80. The molecular formula is C18H27F2NO. The van der Waals surface area contributed by atoms with Gasteiger partial charge < -0.3 is 4.90 Å². The van der Waals surface area contributed by atoms with Crippen molar-refractivity contribution >= 4 is 5.91 Å². The second kappa shape index (κ2) is 9.54. The minimum atomic E-state index is -0.862. The van der Waals surface area contributed by atoms with Gasteiger partial charge in [0.25, 0.3) is 0 Å². The lowest BCUT2D eigenvalue weighted by atomic mass is 10.1. The highest BCUT2D eigenvalue weighted by Crippen LogP contribution is 2.17. The molecule has 0 spiro atoms. The zero-order valence-corrected chi connectivity index (χ0v) is 13.9. The molecule has 0 heterocycles. The third-order valence-electron chi connectivity index (χ3n) is 3.88. The molecule has 0 aliphatic heterocycles. The molecule has 1 aromatic rings. The van der Waals surface area contributed by atoms with Crippen LogP contribution in [0.5, 0.6) is 0 Å². The summed E-state index contributed by atoms with van der Waals surface area (Å²) in [6.07, 6.45) is 5.57. The molecule has 0 saturated carbocycles. The van der Waals surface area contributed by atoms with Gasteiger partial charge in [0.15, 0.2) is 11.6 Å². The number of carbonyl (C=O) groups excluding carboxylic acids is 1. The van der Waals surface area contributed by atoms with E-state index in [0.29, 0.717) is 18.5 Å².